The van der Waals surface area contributed by atoms with Gasteiger partial charge >= 0.3 is 0 Å². The van der Waals surface area contributed by atoms with E-state index in [1.165, 1.54) is 18.2 Å². The summed E-state index contributed by atoms with van der Waals surface area (Å²) in [5, 5.41) is -0.404. The van der Waals surface area contributed by atoms with Gasteiger partial charge in [0.25, 0.3) is 10.1 Å². The standard InChI is InChI=1S/C20H8Cl12O3S/c21-11-13(23)17(27)9-7(15(11,25)19(17,29)30)5-2-1-4(36(33,34)35)3-6(5)8-10(9)18(28)14(24)12(22)16(8,26)20(18,31)32/h1-3,7-10H,(H,33,34,35)/t7-,8-,9+,10-,15+,16+,17+,18+/m1/s1. The molecule has 3 nitrogen and oxygen atoms in total. The van der Waals surface area contributed by atoms with Crippen LogP contribution in [0.15, 0.2) is 43.2 Å². The topological polar surface area (TPSA) is 54.4 Å². The van der Waals surface area contributed by atoms with E-state index in [-0.39, 0.29) is 25.7 Å². The van der Waals surface area contributed by atoms with Gasteiger partial charge in [-0.1, -0.05) is 98.9 Å². The maximum absolute atomic E-state index is 12.1. The molecule has 0 radical (unpaired) electrons. The smallest absolute Gasteiger partial charge is 0.282 e. The molecule has 0 saturated heterocycles. The number of benzene rings is 1. The highest BCUT2D eigenvalue weighted by molar-refractivity contribution is 7.85. The van der Waals surface area contributed by atoms with E-state index in [0.717, 1.165) is 0 Å². The Morgan fingerprint density at radius 1 is 0.611 bits per heavy atom. The van der Waals surface area contributed by atoms with E-state index < -0.39 is 66.8 Å². The first-order valence-corrected chi connectivity index (χ1v) is 15.9. The number of hydrogen-bond acceptors (Lipinski definition) is 2. The number of alkyl halides is 8. The van der Waals surface area contributed by atoms with Crippen molar-refractivity contribution in [2.24, 2.45) is 11.8 Å². The molecule has 2 fully saturated rings. The summed E-state index contributed by atoms with van der Waals surface area (Å²) < 4.78 is 29.9. The lowest BCUT2D eigenvalue weighted by Crippen LogP contribution is -2.53. The molecule has 4 bridgehead atoms. The Balaban J connectivity index is 1.80. The van der Waals surface area contributed by atoms with Gasteiger partial charge in [0, 0.05) is 23.7 Å². The maximum Gasteiger partial charge on any atom is 0.294 e. The average molecular weight is 754 g/mol. The van der Waals surface area contributed by atoms with Gasteiger partial charge in [0.1, 0.15) is 19.5 Å². The molecule has 0 heterocycles. The SMILES string of the molecule is O=S(=O)(O)c1ccc2c(c1)[C@@H]1[C@H]([C@@H]3[C@@H]2[C@]2(Cl)C(Cl)=C(Cl)[C@]3(Cl)C2(Cl)Cl)[C@]2(Cl)C(Cl)=C(Cl)[C@]1(Cl)C2(Cl)Cl. The number of rotatable bonds is 1. The Morgan fingerprint density at radius 3 is 1.36 bits per heavy atom. The summed E-state index contributed by atoms with van der Waals surface area (Å²) in [5.41, 5.74) is 0.705. The molecular formula is C20H8Cl12O3S. The van der Waals surface area contributed by atoms with Crippen LogP contribution in [-0.4, -0.2) is 41.1 Å². The van der Waals surface area contributed by atoms with Gasteiger partial charge in [-0.3, -0.25) is 4.55 Å². The maximum atomic E-state index is 12.1. The second-order valence-electron chi connectivity index (χ2n) is 9.52. The minimum Gasteiger partial charge on any atom is -0.282 e. The summed E-state index contributed by atoms with van der Waals surface area (Å²) in [6.45, 7) is 0. The normalized spacial score (nSPS) is 47.4. The van der Waals surface area contributed by atoms with E-state index in [9.17, 15) is 13.0 Å². The fourth-order valence-electron chi connectivity index (χ4n) is 7.04. The van der Waals surface area contributed by atoms with Crippen LogP contribution in [0.5, 0.6) is 0 Å². The zero-order valence-corrected chi connectivity index (χ0v) is 26.6. The molecule has 1 N–H and O–H groups in total. The van der Waals surface area contributed by atoms with Crippen molar-refractivity contribution in [1.82, 2.24) is 0 Å². The summed E-state index contributed by atoms with van der Waals surface area (Å²) >= 11 is 82.8. The Kier molecular flexibility index (Phi) is 5.90. The second kappa shape index (κ2) is 7.53. The summed E-state index contributed by atoms with van der Waals surface area (Å²) in [7, 11) is -4.65. The average Bonchev–Trinajstić information content (AvgIpc) is 3.12. The van der Waals surface area contributed by atoms with Gasteiger partial charge in [-0.2, -0.15) is 8.42 Å². The van der Waals surface area contributed by atoms with Crippen LogP contribution in [0.2, 0.25) is 0 Å². The van der Waals surface area contributed by atoms with Crippen LogP contribution in [0.3, 0.4) is 0 Å². The minimum absolute atomic E-state index is 0.0783. The van der Waals surface area contributed by atoms with Crippen molar-refractivity contribution in [1.29, 1.82) is 0 Å². The highest BCUT2D eigenvalue weighted by Crippen LogP contribution is 2.88. The van der Waals surface area contributed by atoms with Crippen LogP contribution in [0, 0.1) is 11.8 Å². The van der Waals surface area contributed by atoms with Crippen LogP contribution in [0.4, 0.5) is 0 Å². The predicted octanol–water partition coefficient (Wildman–Crippen LogP) is 9.04. The first-order valence-electron chi connectivity index (χ1n) is 9.96. The van der Waals surface area contributed by atoms with Gasteiger partial charge in [0.15, 0.2) is 8.67 Å². The van der Waals surface area contributed by atoms with Crippen molar-refractivity contribution in [2.45, 2.75) is 44.9 Å². The van der Waals surface area contributed by atoms with Gasteiger partial charge < -0.3 is 0 Å². The molecule has 6 rings (SSSR count). The molecule has 2 saturated carbocycles. The molecule has 0 amide bonds. The van der Waals surface area contributed by atoms with E-state index in [1.807, 2.05) is 0 Å². The molecule has 5 aliphatic rings. The van der Waals surface area contributed by atoms with E-state index in [1.54, 1.807) is 0 Å². The lowest BCUT2D eigenvalue weighted by molar-refractivity contribution is 0.201. The zero-order chi connectivity index (χ0) is 27.0. The Hall–Kier alpha value is 2.09. The number of allylic oxidation sites excluding steroid dienone is 4. The molecule has 1 aromatic carbocycles. The first kappa shape index (κ1) is 28.2. The monoisotopic (exact) mass is 748 g/mol. The van der Waals surface area contributed by atoms with Gasteiger partial charge in [-0.05, 0) is 23.3 Å². The van der Waals surface area contributed by atoms with Crippen molar-refractivity contribution in [2.75, 3.05) is 0 Å². The first-order chi connectivity index (χ1) is 16.2. The molecule has 0 spiro atoms. The third-order valence-corrected chi connectivity index (χ3v) is 17.8. The number of fused-ring (bicyclic) bond motifs is 14. The minimum atomic E-state index is -4.65. The molecule has 36 heavy (non-hydrogen) atoms. The summed E-state index contributed by atoms with van der Waals surface area (Å²) in [6.07, 6.45) is 0. The van der Waals surface area contributed by atoms with Crippen LogP contribution in [0.1, 0.15) is 23.0 Å². The highest BCUT2D eigenvalue weighted by Gasteiger charge is 2.91. The third kappa shape index (κ3) is 2.51. The van der Waals surface area contributed by atoms with Crippen molar-refractivity contribution in [3.8, 4) is 0 Å². The van der Waals surface area contributed by atoms with Crippen molar-refractivity contribution in [3.63, 3.8) is 0 Å². The molecule has 16 heteroatoms. The summed E-state index contributed by atoms with van der Waals surface area (Å²) in [5.74, 6) is -3.79. The molecule has 0 aliphatic heterocycles. The number of hydrogen-bond donors (Lipinski definition) is 1. The fraction of sp³-hybridized carbons (Fsp3) is 0.500. The summed E-state index contributed by atoms with van der Waals surface area (Å²) in [6, 6.07) is 3.85. The predicted molar refractivity (Wildman–Crippen MR) is 149 cm³/mol. The largest absolute Gasteiger partial charge is 0.294 e. The second-order valence-corrected chi connectivity index (χ2v) is 17.5. The Morgan fingerprint density at radius 2 is 0.972 bits per heavy atom. The molecule has 5 aliphatic carbocycles. The van der Waals surface area contributed by atoms with E-state index in [0.29, 0.717) is 5.56 Å². The molecule has 0 aromatic heterocycles. The number of halogens is 12. The van der Waals surface area contributed by atoms with Gasteiger partial charge in [-0.25, -0.2) is 0 Å². The van der Waals surface area contributed by atoms with E-state index in [2.05, 4.69) is 0 Å². The molecule has 196 valence electrons. The van der Waals surface area contributed by atoms with Crippen LogP contribution in [-0.2, 0) is 10.1 Å². The Labute approximate surface area is 265 Å². The van der Waals surface area contributed by atoms with Crippen molar-refractivity contribution >= 4 is 149 Å². The van der Waals surface area contributed by atoms with Crippen LogP contribution < -0.4 is 0 Å². The molecule has 1 aromatic rings. The van der Waals surface area contributed by atoms with Gasteiger partial charge in [-0.15, -0.1) is 46.4 Å². The van der Waals surface area contributed by atoms with E-state index >= 15 is 0 Å². The Bertz CT molecular complexity index is 1470. The third-order valence-electron chi connectivity index (χ3n) is 8.40. The van der Waals surface area contributed by atoms with Gasteiger partial charge in [0.2, 0.25) is 0 Å². The zero-order valence-electron chi connectivity index (χ0n) is 16.7. The lowest BCUT2D eigenvalue weighted by Gasteiger charge is -2.52. The quantitative estimate of drug-likeness (QED) is 0.230. The molecule has 8 atom stereocenters. The van der Waals surface area contributed by atoms with Crippen LogP contribution >= 0.6 is 139 Å². The van der Waals surface area contributed by atoms with Crippen LogP contribution in [0.25, 0.3) is 0 Å². The van der Waals surface area contributed by atoms with Crippen molar-refractivity contribution in [3.05, 3.63) is 49.5 Å². The van der Waals surface area contributed by atoms with Gasteiger partial charge in [0.05, 0.1) is 25.0 Å². The fourth-order valence-corrected chi connectivity index (χ4v) is 13.6. The highest BCUT2D eigenvalue weighted by atomic mass is 35.5. The van der Waals surface area contributed by atoms with E-state index in [4.69, 9.17) is 139 Å². The lowest BCUT2D eigenvalue weighted by atomic mass is 9.57. The molecule has 0 unspecified atom stereocenters. The summed E-state index contributed by atoms with van der Waals surface area (Å²) in [4.78, 5) is -7.73. The van der Waals surface area contributed by atoms with Crippen molar-refractivity contribution < 1.29 is 13.0 Å². The molecular weight excluding hydrogens is 746 g/mol.